The fourth-order valence-corrected chi connectivity index (χ4v) is 2.20. The lowest BCUT2D eigenvalue weighted by molar-refractivity contribution is -0.120. The van der Waals surface area contributed by atoms with Gasteiger partial charge >= 0.3 is 0 Å². The van der Waals surface area contributed by atoms with Crippen LogP contribution in [-0.4, -0.2) is 24.1 Å². The Morgan fingerprint density at radius 2 is 1.76 bits per heavy atom. The second kappa shape index (κ2) is 9.21. The zero-order valence-electron chi connectivity index (χ0n) is 13.2. The van der Waals surface area contributed by atoms with Gasteiger partial charge in [0.15, 0.2) is 0 Å². The van der Waals surface area contributed by atoms with Crippen molar-refractivity contribution in [3.05, 3.63) is 70.7 Å². The van der Waals surface area contributed by atoms with Crippen LogP contribution in [0, 0.1) is 11.3 Å². The Kier molecular flexibility index (Phi) is 6.69. The number of carbonyl (C=O) groups is 2. The molecule has 0 aliphatic heterocycles. The van der Waals surface area contributed by atoms with Gasteiger partial charge in [0.05, 0.1) is 28.9 Å². The molecule has 2 amide bonds. The van der Waals surface area contributed by atoms with Gasteiger partial charge in [-0.15, -0.1) is 0 Å². The molecule has 0 spiro atoms. The van der Waals surface area contributed by atoms with E-state index in [1.165, 1.54) is 0 Å². The molecule has 0 unspecified atom stereocenters. The highest BCUT2D eigenvalue weighted by Crippen LogP contribution is 2.14. The van der Waals surface area contributed by atoms with Gasteiger partial charge in [0.1, 0.15) is 6.42 Å². The minimum atomic E-state index is -0.520. The molecule has 2 N–H and O–H groups in total. The molecule has 0 atom stereocenters. The van der Waals surface area contributed by atoms with Crippen molar-refractivity contribution < 1.29 is 9.59 Å². The summed E-state index contributed by atoms with van der Waals surface area (Å²) in [5.74, 6) is -0.869. The third kappa shape index (κ3) is 5.44. The molecule has 0 saturated carbocycles. The summed E-state index contributed by atoms with van der Waals surface area (Å²) >= 11 is 6.01. The number of hydrazone groups is 1. The van der Waals surface area contributed by atoms with Crippen LogP contribution in [0.1, 0.15) is 22.3 Å². The van der Waals surface area contributed by atoms with Crippen LogP contribution in [0.15, 0.2) is 59.7 Å². The molecule has 0 radical (unpaired) electrons. The number of halogens is 1. The first-order chi connectivity index (χ1) is 12.1. The third-order valence-corrected chi connectivity index (χ3v) is 3.53. The molecule has 2 aromatic rings. The van der Waals surface area contributed by atoms with Crippen LogP contribution >= 0.6 is 11.6 Å². The molecule has 6 nitrogen and oxygen atoms in total. The van der Waals surface area contributed by atoms with Gasteiger partial charge in [-0.05, 0) is 17.7 Å². The molecule has 25 heavy (non-hydrogen) atoms. The molecule has 0 aliphatic rings. The van der Waals surface area contributed by atoms with Crippen molar-refractivity contribution in [2.45, 2.75) is 6.42 Å². The van der Waals surface area contributed by atoms with E-state index in [0.717, 1.165) is 5.56 Å². The summed E-state index contributed by atoms with van der Waals surface area (Å²) in [6.07, 6.45) is -0.294. The Labute approximate surface area is 150 Å². The lowest BCUT2D eigenvalue weighted by atomic mass is 10.1. The maximum absolute atomic E-state index is 12.3. The molecule has 126 valence electrons. The minimum absolute atomic E-state index is 0.0842. The predicted octanol–water partition coefficient (Wildman–Crippen LogP) is 2.50. The van der Waals surface area contributed by atoms with Crippen LogP contribution in [0.5, 0.6) is 0 Å². The Morgan fingerprint density at radius 1 is 1.08 bits per heavy atom. The van der Waals surface area contributed by atoms with Gasteiger partial charge in [0.2, 0.25) is 0 Å². The van der Waals surface area contributed by atoms with Crippen LogP contribution in [-0.2, 0) is 4.79 Å². The molecule has 0 aromatic heterocycles. The smallest absolute Gasteiger partial charge is 0.254 e. The van der Waals surface area contributed by atoms with Gasteiger partial charge in [-0.1, -0.05) is 54.1 Å². The van der Waals surface area contributed by atoms with Crippen molar-refractivity contribution in [2.24, 2.45) is 5.10 Å². The highest BCUT2D eigenvalue weighted by Gasteiger charge is 2.11. The van der Waals surface area contributed by atoms with Crippen molar-refractivity contribution in [1.29, 1.82) is 5.26 Å². The highest BCUT2D eigenvalue weighted by atomic mass is 35.5. The van der Waals surface area contributed by atoms with E-state index in [2.05, 4.69) is 15.8 Å². The van der Waals surface area contributed by atoms with E-state index < -0.39 is 5.91 Å². The molecular formula is C18H15ClN4O2. The lowest BCUT2D eigenvalue weighted by Gasteiger charge is -2.10. The molecule has 0 aliphatic carbocycles. The van der Waals surface area contributed by atoms with Crippen molar-refractivity contribution in [1.82, 2.24) is 10.7 Å². The topological polar surface area (TPSA) is 94.3 Å². The fraction of sp³-hybridized carbons (Fsp3) is 0.111. The molecule has 0 heterocycles. The second-order valence-corrected chi connectivity index (χ2v) is 5.36. The van der Waals surface area contributed by atoms with Gasteiger partial charge in [0, 0.05) is 0 Å². The van der Waals surface area contributed by atoms with Crippen molar-refractivity contribution >= 4 is 29.1 Å². The van der Waals surface area contributed by atoms with Gasteiger partial charge in [-0.2, -0.15) is 10.4 Å². The van der Waals surface area contributed by atoms with Crippen molar-refractivity contribution in [2.75, 3.05) is 6.54 Å². The number of hydrogen-bond acceptors (Lipinski definition) is 4. The standard InChI is InChI=1S/C18H15ClN4O2/c19-15-9-5-4-8-14(15)18(25)21-12-16(13-6-2-1-3-7-13)22-23-17(24)10-11-20/h1-9H,10,12H2,(H,21,25)(H,23,24). The summed E-state index contributed by atoms with van der Waals surface area (Å²) in [5.41, 5.74) is 3.84. The minimum Gasteiger partial charge on any atom is -0.346 e. The highest BCUT2D eigenvalue weighted by molar-refractivity contribution is 6.33. The van der Waals surface area contributed by atoms with E-state index in [-0.39, 0.29) is 18.9 Å². The normalized spacial score (nSPS) is 10.6. The second-order valence-electron chi connectivity index (χ2n) is 4.96. The maximum Gasteiger partial charge on any atom is 0.254 e. The quantitative estimate of drug-likeness (QED) is 0.616. The van der Waals surface area contributed by atoms with Crippen LogP contribution < -0.4 is 10.7 Å². The summed E-state index contributed by atoms with van der Waals surface area (Å²) < 4.78 is 0. The zero-order valence-corrected chi connectivity index (χ0v) is 14.0. The van der Waals surface area contributed by atoms with E-state index >= 15 is 0 Å². The molecule has 2 aromatic carbocycles. The maximum atomic E-state index is 12.3. The van der Waals surface area contributed by atoms with Gasteiger partial charge < -0.3 is 5.32 Å². The zero-order chi connectivity index (χ0) is 18.1. The molecule has 0 bridgehead atoms. The molecule has 0 fully saturated rings. The average molecular weight is 355 g/mol. The number of amides is 2. The Morgan fingerprint density at radius 3 is 2.44 bits per heavy atom. The molecule has 2 rings (SSSR count). The van der Waals surface area contributed by atoms with Crippen molar-refractivity contribution in [3.8, 4) is 6.07 Å². The fourth-order valence-electron chi connectivity index (χ4n) is 1.98. The number of nitriles is 1. The number of hydrogen-bond donors (Lipinski definition) is 2. The number of rotatable bonds is 6. The number of nitrogens with one attached hydrogen (secondary N) is 2. The largest absolute Gasteiger partial charge is 0.346 e. The third-order valence-electron chi connectivity index (χ3n) is 3.20. The van der Waals surface area contributed by atoms with E-state index in [1.54, 1.807) is 42.5 Å². The summed E-state index contributed by atoms with van der Waals surface area (Å²) in [7, 11) is 0. The number of benzene rings is 2. The number of nitrogens with zero attached hydrogens (tertiary/aromatic N) is 2. The lowest BCUT2D eigenvalue weighted by Crippen LogP contribution is -2.32. The summed E-state index contributed by atoms with van der Waals surface area (Å²) in [6, 6.07) is 17.5. The Bertz CT molecular complexity index is 828. The van der Waals surface area contributed by atoms with E-state index in [1.807, 2.05) is 18.2 Å². The summed E-state index contributed by atoms with van der Waals surface area (Å²) in [4.78, 5) is 23.7. The molecular weight excluding hydrogens is 340 g/mol. The molecule has 7 heteroatoms. The number of carbonyl (C=O) groups excluding carboxylic acids is 2. The summed E-state index contributed by atoms with van der Waals surface area (Å²) in [6.45, 7) is 0.0842. The van der Waals surface area contributed by atoms with E-state index in [0.29, 0.717) is 16.3 Å². The van der Waals surface area contributed by atoms with Crippen LogP contribution in [0.4, 0.5) is 0 Å². The van der Waals surface area contributed by atoms with Crippen LogP contribution in [0.3, 0.4) is 0 Å². The van der Waals surface area contributed by atoms with Crippen LogP contribution in [0.25, 0.3) is 0 Å². The van der Waals surface area contributed by atoms with E-state index in [4.69, 9.17) is 16.9 Å². The van der Waals surface area contributed by atoms with Crippen LogP contribution in [0.2, 0.25) is 5.02 Å². The van der Waals surface area contributed by atoms with Crippen molar-refractivity contribution in [3.63, 3.8) is 0 Å². The first-order valence-electron chi connectivity index (χ1n) is 7.42. The Hall–Kier alpha value is -3.17. The predicted molar refractivity (Wildman–Crippen MR) is 95.1 cm³/mol. The first-order valence-corrected chi connectivity index (χ1v) is 7.80. The SMILES string of the molecule is N#CCC(=O)NN=C(CNC(=O)c1ccccc1Cl)c1ccccc1. The molecule has 0 saturated heterocycles. The Balaban J connectivity index is 2.12. The van der Waals surface area contributed by atoms with E-state index in [9.17, 15) is 9.59 Å². The van der Waals surface area contributed by atoms with Gasteiger partial charge in [-0.3, -0.25) is 9.59 Å². The summed E-state index contributed by atoms with van der Waals surface area (Å²) in [5, 5.41) is 15.6. The van der Waals surface area contributed by atoms with Gasteiger partial charge in [-0.25, -0.2) is 5.43 Å². The average Bonchev–Trinajstić information content (AvgIpc) is 2.63. The monoisotopic (exact) mass is 354 g/mol. The van der Waals surface area contributed by atoms with Gasteiger partial charge in [0.25, 0.3) is 11.8 Å². The first kappa shape index (κ1) is 18.2.